The molecule has 0 aromatic heterocycles. The highest BCUT2D eigenvalue weighted by Gasteiger charge is 2.25. The first-order chi connectivity index (χ1) is 15.5. The zero-order valence-electron chi connectivity index (χ0n) is 19.5. The lowest BCUT2D eigenvalue weighted by Crippen LogP contribution is -2.38. The minimum Gasteiger partial charge on any atom is -0.452 e. The Morgan fingerprint density at radius 1 is 1.16 bits per heavy atom. The average Bonchev–Trinajstić information content (AvgIpc) is 2.80. The molecule has 0 aliphatic carbocycles. The molecule has 3 rings (SSSR count). The topological polar surface area (TPSA) is 72.7 Å². The summed E-state index contributed by atoms with van der Waals surface area (Å²) in [4.78, 5) is 8.41. The summed E-state index contributed by atoms with van der Waals surface area (Å²) in [5.41, 5.74) is 5.82. The number of benzene rings is 2. The number of nitrogens with zero attached hydrogens (tertiary/aromatic N) is 2. The Morgan fingerprint density at radius 2 is 1.84 bits per heavy atom. The molecule has 2 aromatic carbocycles. The molecule has 1 unspecified atom stereocenters. The molecule has 1 atom stereocenters. The van der Waals surface area contributed by atoms with Crippen molar-refractivity contribution in [3.8, 4) is 0 Å². The van der Waals surface area contributed by atoms with Gasteiger partial charge in [0.05, 0.1) is 12.3 Å². The van der Waals surface area contributed by atoms with Gasteiger partial charge in [0.2, 0.25) is 5.90 Å². The van der Waals surface area contributed by atoms with Crippen LogP contribution in [0.25, 0.3) is 0 Å². The predicted octanol–water partition coefficient (Wildman–Crippen LogP) is 4.07. The third-order valence-corrected chi connectivity index (χ3v) is 6.32. The van der Waals surface area contributed by atoms with E-state index in [0.29, 0.717) is 0 Å². The van der Waals surface area contributed by atoms with Crippen molar-refractivity contribution < 1.29 is 4.74 Å². The third-order valence-electron chi connectivity index (χ3n) is 5.43. The molecule has 0 fully saturated rings. The maximum Gasteiger partial charge on any atom is 0.215 e. The molecule has 0 radical (unpaired) electrons. The van der Waals surface area contributed by atoms with Crippen molar-refractivity contribution in [3.05, 3.63) is 76.6 Å². The number of nitrogens with one attached hydrogen (secondary N) is 3. The lowest BCUT2D eigenvalue weighted by molar-refractivity contribution is 0.188. The maximum atomic E-state index is 8.48. The zero-order chi connectivity index (χ0) is 23.1. The van der Waals surface area contributed by atoms with Gasteiger partial charge in [-0.05, 0) is 62.2 Å². The number of allylic oxidation sites excluding steroid dienone is 1. The number of ether oxygens (including phenoxy) is 1. The largest absolute Gasteiger partial charge is 0.452 e. The van der Waals surface area contributed by atoms with Crippen molar-refractivity contribution in [3.63, 3.8) is 0 Å². The first kappa shape index (κ1) is 24.0. The third kappa shape index (κ3) is 5.79. The van der Waals surface area contributed by atoms with Gasteiger partial charge in [0.25, 0.3) is 0 Å². The second-order valence-corrected chi connectivity index (χ2v) is 9.02. The summed E-state index contributed by atoms with van der Waals surface area (Å²) in [6.07, 6.45) is -0.521. The normalized spacial score (nSPS) is 14.9. The second-order valence-electron chi connectivity index (χ2n) is 7.69. The van der Waals surface area contributed by atoms with E-state index in [2.05, 4.69) is 53.8 Å². The number of aliphatic imine (C=N–C) groups is 1. The van der Waals surface area contributed by atoms with Crippen LogP contribution in [-0.4, -0.2) is 56.2 Å². The van der Waals surface area contributed by atoms with E-state index in [4.69, 9.17) is 15.1 Å². The van der Waals surface area contributed by atoms with Crippen LogP contribution in [0, 0.1) is 5.41 Å². The molecule has 7 heteroatoms. The van der Waals surface area contributed by atoms with E-state index >= 15 is 0 Å². The first-order valence-corrected chi connectivity index (χ1v) is 11.8. The van der Waals surface area contributed by atoms with Crippen molar-refractivity contribution in [2.75, 3.05) is 33.4 Å². The molecule has 1 heterocycles. The Hall–Kier alpha value is -2.61. The standard InChI is InChI=1S/C25H33N5OS/c1-6-32-21-13-11-19(12-14-21)22-16-30(5)17(2)23(29-22)25(28-4)31-24(26)20-9-7-18(8-10-20)15-27-3/h7-14,25-28H,6,15-16H2,1-5H3. The van der Waals surface area contributed by atoms with Crippen LogP contribution in [-0.2, 0) is 11.3 Å². The van der Waals surface area contributed by atoms with Crippen LogP contribution in [0.2, 0.25) is 0 Å². The Labute approximate surface area is 195 Å². The number of rotatable bonds is 9. The van der Waals surface area contributed by atoms with Crippen LogP contribution in [0.15, 0.2) is 69.8 Å². The van der Waals surface area contributed by atoms with Gasteiger partial charge in [-0.15, -0.1) is 11.8 Å². The Balaban J connectivity index is 1.81. The number of thioether (sulfide) groups is 1. The molecule has 32 heavy (non-hydrogen) atoms. The summed E-state index contributed by atoms with van der Waals surface area (Å²) in [6.45, 7) is 5.73. The van der Waals surface area contributed by atoms with Gasteiger partial charge in [-0.1, -0.05) is 31.2 Å². The fraction of sp³-hybridized carbons (Fsp3) is 0.360. The van der Waals surface area contributed by atoms with Crippen molar-refractivity contribution in [2.24, 2.45) is 4.99 Å². The Morgan fingerprint density at radius 3 is 2.44 bits per heavy atom. The van der Waals surface area contributed by atoms with Gasteiger partial charge in [0.15, 0.2) is 6.23 Å². The van der Waals surface area contributed by atoms with Gasteiger partial charge in [-0.2, -0.15) is 0 Å². The van der Waals surface area contributed by atoms with Crippen LogP contribution < -0.4 is 10.6 Å². The molecule has 0 bridgehead atoms. The maximum absolute atomic E-state index is 8.48. The van der Waals surface area contributed by atoms with Crippen LogP contribution >= 0.6 is 11.8 Å². The van der Waals surface area contributed by atoms with E-state index in [9.17, 15) is 0 Å². The minimum absolute atomic E-state index is 0.117. The van der Waals surface area contributed by atoms with Gasteiger partial charge in [-0.25, -0.2) is 4.99 Å². The van der Waals surface area contributed by atoms with Crippen molar-refractivity contribution >= 4 is 23.4 Å². The van der Waals surface area contributed by atoms with Gasteiger partial charge in [0, 0.05) is 29.7 Å². The summed E-state index contributed by atoms with van der Waals surface area (Å²) < 4.78 is 6.04. The highest BCUT2D eigenvalue weighted by Crippen LogP contribution is 2.24. The quantitative estimate of drug-likeness (QED) is 0.232. The lowest BCUT2D eigenvalue weighted by Gasteiger charge is -2.31. The van der Waals surface area contributed by atoms with E-state index in [-0.39, 0.29) is 5.90 Å². The molecular formula is C25H33N5OS. The van der Waals surface area contributed by atoms with Crippen LogP contribution in [0.5, 0.6) is 0 Å². The van der Waals surface area contributed by atoms with E-state index in [1.165, 1.54) is 10.5 Å². The SMILES string of the molecule is CCSc1ccc(C2=NC(C(NC)OC(=N)c3ccc(CNC)cc3)=C(C)N(C)C2)cc1. The van der Waals surface area contributed by atoms with Crippen molar-refractivity contribution in [2.45, 2.75) is 31.5 Å². The second kappa shape index (κ2) is 11.3. The molecule has 3 N–H and O–H groups in total. The summed E-state index contributed by atoms with van der Waals surface area (Å²) >= 11 is 1.83. The number of hydrogen-bond acceptors (Lipinski definition) is 7. The van der Waals surface area contributed by atoms with Gasteiger partial charge in [-0.3, -0.25) is 10.7 Å². The molecule has 1 aliphatic rings. The van der Waals surface area contributed by atoms with Gasteiger partial charge >= 0.3 is 0 Å². The average molecular weight is 452 g/mol. The van der Waals surface area contributed by atoms with Crippen LogP contribution in [0.4, 0.5) is 0 Å². The summed E-state index contributed by atoms with van der Waals surface area (Å²) in [5.74, 6) is 1.17. The highest BCUT2D eigenvalue weighted by atomic mass is 32.2. The number of hydrogen-bond donors (Lipinski definition) is 3. The summed E-state index contributed by atoms with van der Waals surface area (Å²) in [7, 11) is 5.81. The molecule has 1 aliphatic heterocycles. The molecule has 0 spiro atoms. The molecule has 170 valence electrons. The van der Waals surface area contributed by atoms with Crippen molar-refractivity contribution in [1.29, 1.82) is 5.41 Å². The monoisotopic (exact) mass is 451 g/mol. The number of likely N-dealkylation sites (N-methyl/N-ethyl adjacent to an activating group) is 2. The lowest BCUT2D eigenvalue weighted by atomic mass is 10.1. The highest BCUT2D eigenvalue weighted by molar-refractivity contribution is 7.99. The zero-order valence-corrected chi connectivity index (χ0v) is 20.3. The van der Waals surface area contributed by atoms with Crippen LogP contribution in [0.3, 0.4) is 0 Å². The first-order valence-electron chi connectivity index (χ1n) is 10.9. The smallest absolute Gasteiger partial charge is 0.215 e. The molecule has 0 saturated heterocycles. The Kier molecular flexibility index (Phi) is 8.50. The molecule has 2 aromatic rings. The molecule has 0 saturated carbocycles. The predicted molar refractivity (Wildman–Crippen MR) is 135 cm³/mol. The fourth-order valence-electron chi connectivity index (χ4n) is 3.53. The molecule has 6 nitrogen and oxygen atoms in total. The van der Waals surface area contributed by atoms with Gasteiger partial charge < -0.3 is 15.0 Å². The van der Waals surface area contributed by atoms with E-state index in [1.54, 1.807) is 0 Å². The van der Waals surface area contributed by atoms with Crippen molar-refractivity contribution in [1.82, 2.24) is 15.5 Å². The van der Waals surface area contributed by atoms with E-state index < -0.39 is 6.23 Å². The van der Waals surface area contributed by atoms with Crippen LogP contribution in [0.1, 0.15) is 30.5 Å². The summed E-state index contributed by atoms with van der Waals surface area (Å²) in [6, 6.07) is 16.4. The fourth-order valence-corrected chi connectivity index (χ4v) is 4.19. The van der Waals surface area contributed by atoms with Gasteiger partial charge in [0.1, 0.15) is 5.70 Å². The minimum atomic E-state index is -0.521. The molecule has 0 amide bonds. The molecular weight excluding hydrogens is 418 g/mol. The van der Waals surface area contributed by atoms with E-state index in [1.807, 2.05) is 57.0 Å². The van der Waals surface area contributed by atoms with E-state index in [0.717, 1.165) is 47.1 Å². The Bertz CT molecular complexity index is 982. The summed E-state index contributed by atoms with van der Waals surface area (Å²) in [5, 5.41) is 14.8.